The van der Waals surface area contributed by atoms with Crippen LogP contribution in [0.1, 0.15) is 44.7 Å². The lowest BCUT2D eigenvalue weighted by molar-refractivity contribution is -0.132. The molecule has 3 heterocycles. The van der Waals surface area contributed by atoms with Crippen molar-refractivity contribution in [2.45, 2.75) is 26.7 Å². The summed E-state index contributed by atoms with van der Waals surface area (Å²) in [7, 11) is 0. The first kappa shape index (κ1) is 19.7. The number of pyridine rings is 1. The second kappa shape index (κ2) is 7.33. The van der Waals surface area contributed by atoms with Gasteiger partial charge in [0.2, 0.25) is 0 Å². The van der Waals surface area contributed by atoms with Gasteiger partial charge in [0.05, 0.1) is 16.8 Å². The highest BCUT2D eigenvalue weighted by molar-refractivity contribution is 6.23. The van der Waals surface area contributed by atoms with Crippen LogP contribution >= 0.6 is 0 Å². The summed E-state index contributed by atoms with van der Waals surface area (Å²) >= 11 is 0. The molecule has 1 aromatic heterocycles. The second-order valence-corrected chi connectivity index (χ2v) is 7.56. The predicted molar refractivity (Wildman–Crippen MR) is 109 cm³/mol. The summed E-state index contributed by atoms with van der Waals surface area (Å²) in [6, 6.07) is 4.50. The molecule has 0 spiro atoms. The molecule has 0 bridgehead atoms. The number of rotatable bonds is 4. The van der Waals surface area contributed by atoms with E-state index in [0.29, 0.717) is 22.6 Å². The Morgan fingerprint density at radius 2 is 1.70 bits per heavy atom. The molecule has 0 saturated carbocycles. The zero-order valence-corrected chi connectivity index (χ0v) is 16.8. The van der Waals surface area contributed by atoms with Crippen LogP contribution < -0.4 is 21.3 Å². The van der Waals surface area contributed by atoms with E-state index in [4.69, 9.17) is 10.5 Å². The van der Waals surface area contributed by atoms with Gasteiger partial charge in [-0.15, -0.1) is 0 Å². The van der Waals surface area contributed by atoms with Crippen molar-refractivity contribution in [1.29, 1.82) is 0 Å². The van der Waals surface area contributed by atoms with Crippen LogP contribution in [0.25, 0.3) is 5.69 Å². The van der Waals surface area contributed by atoms with Crippen molar-refractivity contribution < 1.29 is 19.1 Å². The monoisotopic (exact) mass is 410 g/mol. The molecule has 1 fully saturated rings. The Morgan fingerprint density at radius 3 is 2.33 bits per heavy atom. The standard InChI is InChI=1S/C21H22N4O5/c1-11-7-13(8-12(2)18(11)30-10-16(27)24-5-3-4-6-24)25-15(26)9-14-17(19(25)22)21(29)23-20(14)28/h7-9H,3-6,10,22H2,1-2H3,(H,23,28,29). The summed E-state index contributed by atoms with van der Waals surface area (Å²) in [5.41, 5.74) is 7.42. The summed E-state index contributed by atoms with van der Waals surface area (Å²) in [6.45, 7) is 5.07. The van der Waals surface area contributed by atoms with Gasteiger partial charge < -0.3 is 15.4 Å². The number of benzene rings is 1. The van der Waals surface area contributed by atoms with E-state index in [1.165, 1.54) is 4.57 Å². The van der Waals surface area contributed by atoms with Gasteiger partial charge in [0, 0.05) is 19.2 Å². The zero-order chi connectivity index (χ0) is 21.6. The molecule has 2 aromatic rings. The first-order valence-electron chi connectivity index (χ1n) is 9.71. The number of ether oxygens (including phenoxy) is 1. The molecule has 0 radical (unpaired) electrons. The third kappa shape index (κ3) is 3.22. The van der Waals surface area contributed by atoms with Gasteiger partial charge in [0.15, 0.2) is 6.61 Å². The average Bonchev–Trinajstić information content (AvgIpc) is 3.29. The number of carbonyl (C=O) groups excluding carboxylic acids is 3. The van der Waals surface area contributed by atoms with E-state index in [-0.39, 0.29) is 29.5 Å². The van der Waals surface area contributed by atoms with Crippen molar-refractivity contribution in [2.75, 3.05) is 25.4 Å². The minimum atomic E-state index is -0.635. The Labute approximate surface area is 172 Å². The smallest absolute Gasteiger partial charge is 0.262 e. The number of nitrogen functional groups attached to an aromatic ring is 1. The van der Waals surface area contributed by atoms with Crippen LogP contribution in [0.5, 0.6) is 5.75 Å². The van der Waals surface area contributed by atoms with E-state index in [1.54, 1.807) is 30.9 Å². The highest BCUT2D eigenvalue weighted by atomic mass is 16.5. The molecule has 9 nitrogen and oxygen atoms in total. The number of likely N-dealkylation sites (tertiary alicyclic amines) is 1. The Bertz CT molecular complexity index is 1120. The summed E-state index contributed by atoms with van der Waals surface area (Å²) in [4.78, 5) is 50.6. The van der Waals surface area contributed by atoms with E-state index in [0.717, 1.165) is 32.0 Å². The van der Waals surface area contributed by atoms with Gasteiger partial charge in [-0.3, -0.25) is 29.1 Å². The van der Waals surface area contributed by atoms with Crippen LogP contribution in [0.3, 0.4) is 0 Å². The molecule has 3 N–H and O–H groups in total. The van der Waals surface area contributed by atoms with Gasteiger partial charge in [-0.2, -0.15) is 0 Å². The van der Waals surface area contributed by atoms with Crippen LogP contribution in [-0.2, 0) is 4.79 Å². The largest absolute Gasteiger partial charge is 0.483 e. The second-order valence-electron chi connectivity index (χ2n) is 7.56. The SMILES string of the molecule is Cc1cc(-n2c(N)c3c(cc2=O)C(=O)NC3=O)cc(C)c1OCC(=O)N1CCCC1. The maximum Gasteiger partial charge on any atom is 0.262 e. The summed E-state index contributed by atoms with van der Waals surface area (Å²) in [5, 5.41) is 2.15. The molecule has 2 aliphatic heterocycles. The van der Waals surface area contributed by atoms with Crippen molar-refractivity contribution in [1.82, 2.24) is 14.8 Å². The van der Waals surface area contributed by atoms with Crippen LogP contribution in [0, 0.1) is 13.8 Å². The molecule has 0 atom stereocenters. The Kier molecular flexibility index (Phi) is 4.81. The molecule has 9 heteroatoms. The zero-order valence-electron chi connectivity index (χ0n) is 16.8. The lowest BCUT2D eigenvalue weighted by Crippen LogP contribution is -2.32. The number of aromatic nitrogens is 1. The molecular formula is C21H22N4O5. The number of fused-ring (bicyclic) bond motifs is 1. The number of anilines is 1. The van der Waals surface area contributed by atoms with Gasteiger partial charge >= 0.3 is 0 Å². The van der Waals surface area contributed by atoms with Gasteiger partial charge in [-0.25, -0.2) is 0 Å². The number of aryl methyl sites for hydroxylation is 2. The summed E-state index contributed by atoms with van der Waals surface area (Å²) in [6.07, 6.45) is 2.03. The highest BCUT2D eigenvalue weighted by Crippen LogP contribution is 2.29. The summed E-state index contributed by atoms with van der Waals surface area (Å²) < 4.78 is 6.97. The fraction of sp³-hybridized carbons (Fsp3) is 0.333. The number of nitrogens with one attached hydrogen (secondary N) is 1. The first-order valence-corrected chi connectivity index (χ1v) is 9.71. The van der Waals surface area contributed by atoms with E-state index in [1.807, 2.05) is 0 Å². The molecule has 3 amide bonds. The van der Waals surface area contributed by atoms with E-state index < -0.39 is 17.4 Å². The molecule has 0 aliphatic carbocycles. The predicted octanol–water partition coefficient (Wildman–Crippen LogP) is 0.921. The van der Waals surface area contributed by atoms with Gasteiger partial charge in [0.25, 0.3) is 23.3 Å². The van der Waals surface area contributed by atoms with Crippen molar-refractivity contribution in [3.8, 4) is 11.4 Å². The minimum absolute atomic E-state index is 0.00792. The molecular weight excluding hydrogens is 388 g/mol. The topological polar surface area (TPSA) is 124 Å². The van der Waals surface area contributed by atoms with Gasteiger partial charge in [-0.05, 0) is 49.9 Å². The lowest BCUT2D eigenvalue weighted by atomic mass is 10.1. The van der Waals surface area contributed by atoms with Crippen LogP contribution in [0.15, 0.2) is 23.0 Å². The minimum Gasteiger partial charge on any atom is -0.483 e. The fourth-order valence-corrected chi connectivity index (χ4v) is 4.02. The van der Waals surface area contributed by atoms with Crippen molar-refractivity contribution >= 4 is 23.5 Å². The van der Waals surface area contributed by atoms with Gasteiger partial charge in [-0.1, -0.05) is 0 Å². The van der Waals surface area contributed by atoms with Gasteiger partial charge in [0.1, 0.15) is 11.6 Å². The summed E-state index contributed by atoms with van der Waals surface area (Å²) in [5.74, 6) is -0.852. The number of imide groups is 1. The third-order valence-electron chi connectivity index (χ3n) is 5.46. The fourth-order valence-electron chi connectivity index (χ4n) is 4.02. The van der Waals surface area contributed by atoms with Crippen LogP contribution in [-0.4, -0.2) is 46.9 Å². The molecule has 30 heavy (non-hydrogen) atoms. The molecule has 1 saturated heterocycles. The van der Waals surface area contributed by atoms with Crippen molar-refractivity contribution in [3.05, 3.63) is 50.8 Å². The lowest BCUT2D eigenvalue weighted by Gasteiger charge is -2.19. The molecule has 4 rings (SSSR count). The maximum atomic E-state index is 12.6. The Balaban J connectivity index is 1.66. The molecule has 1 aromatic carbocycles. The van der Waals surface area contributed by atoms with E-state index in [2.05, 4.69) is 5.32 Å². The average molecular weight is 410 g/mol. The number of amides is 3. The molecule has 0 unspecified atom stereocenters. The van der Waals surface area contributed by atoms with Crippen molar-refractivity contribution in [2.24, 2.45) is 0 Å². The van der Waals surface area contributed by atoms with Crippen molar-refractivity contribution in [3.63, 3.8) is 0 Å². The highest BCUT2D eigenvalue weighted by Gasteiger charge is 2.32. The quantitative estimate of drug-likeness (QED) is 0.723. The van der Waals surface area contributed by atoms with E-state index in [9.17, 15) is 19.2 Å². The van der Waals surface area contributed by atoms with E-state index >= 15 is 0 Å². The Morgan fingerprint density at radius 1 is 1.07 bits per heavy atom. The molecule has 156 valence electrons. The number of carbonyl (C=O) groups is 3. The maximum absolute atomic E-state index is 12.6. The van der Waals surface area contributed by atoms with Crippen LogP contribution in [0.4, 0.5) is 5.82 Å². The normalized spacial score (nSPS) is 15.3. The number of nitrogens with zero attached hydrogens (tertiary/aromatic N) is 2. The first-order chi connectivity index (χ1) is 14.3. The molecule has 2 aliphatic rings. The Hall–Kier alpha value is -3.62. The third-order valence-corrected chi connectivity index (χ3v) is 5.46. The van der Waals surface area contributed by atoms with Crippen LogP contribution in [0.2, 0.25) is 0 Å². The number of hydrogen-bond donors (Lipinski definition) is 2. The number of nitrogens with two attached hydrogens (primary N) is 1. The number of hydrogen-bond acceptors (Lipinski definition) is 6.